The largest absolute Gasteiger partial charge is 0.353 e. The van der Waals surface area contributed by atoms with Crippen molar-refractivity contribution in [3.63, 3.8) is 0 Å². The molecule has 0 aliphatic carbocycles. The molecule has 2 aromatic carbocycles. The molecule has 0 radical (unpaired) electrons. The summed E-state index contributed by atoms with van der Waals surface area (Å²) < 4.78 is 15.6. The lowest BCUT2D eigenvalue weighted by atomic mass is 10.0. The van der Waals surface area contributed by atoms with Crippen molar-refractivity contribution in [1.29, 1.82) is 5.26 Å². The predicted octanol–water partition coefficient (Wildman–Crippen LogP) is 3.95. The van der Waals surface area contributed by atoms with E-state index < -0.39 is 5.82 Å². The Morgan fingerprint density at radius 1 is 1.14 bits per heavy atom. The number of aromatic nitrogens is 3. The number of pyridine rings is 1. The van der Waals surface area contributed by atoms with E-state index in [1.807, 2.05) is 24.0 Å². The first-order valence-electron chi connectivity index (χ1n) is 11.7. The normalized spacial score (nSPS) is 13.6. The minimum atomic E-state index is -0.581. The van der Waals surface area contributed by atoms with Crippen molar-refractivity contribution in [2.75, 3.05) is 31.1 Å². The summed E-state index contributed by atoms with van der Waals surface area (Å²) in [7, 11) is 0. The number of rotatable bonds is 4. The van der Waals surface area contributed by atoms with Crippen molar-refractivity contribution >= 4 is 38.4 Å². The van der Waals surface area contributed by atoms with Crippen LogP contribution in [0.2, 0.25) is 0 Å². The number of carbonyl (C=O) groups is 1. The molecule has 1 amide bonds. The monoisotopic (exact) mass is 560 g/mol. The molecule has 0 spiro atoms. The number of hydrogen-bond donors (Lipinski definition) is 1. The summed E-state index contributed by atoms with van der Waals surface area (Å²) in [6.07, 6.45) is 1.84. The molecule has 2 aromatic heterocycles. The maximum Gasteiger partial charge on any atom is 0.272 e. The van der Waals surface area contributed by atoms with Crippen LogP contribution in [0.1, 0.15) is 32.7 Å². The molecule has 10 heteroatoms. The third-order valence-corrected chi connectivity index (χ3v) is 7.40. The maximum atomic E-state index is 14.8. The highest BCUT2D eigenvalue weighted by Crippen LogP contribution is 2.25. The van der Waals surface area contributed by atoms with E-state index in [0.717, 1.165) is 15.9 Å². The SMILES string of the molecule is Cc1cc2c(=O)[nH]nc(Cc3ccc(F)c(C(=O)N4CCN(c5ccc(C#N)cn5)CC4)c3)c2cc1Br. The van der Waals surface area contributed by atoms with Gasteiger partial charge < -0.3 is 9.80 Å². The van der Waals surface area contributed by atoms with Crippen LogP contribution in [0, 0.1) is 24.1 Å². The van der Waals surface area contributed by atoms with Crippen LogP contribution in [0.5, 0.6) is 0 Å². The highest BCUT2D eigenvalue weighted by molar-refractivity contribution is 9.10. The number of benzene rings is 2. The predicted molar refractivity (Wildman–Crippen MR) is 141 cm³/mol. The zero-order valence-electron chi connectivity index (χ0n) is 20.0. The third kappa shape index (κ3) is 4.95. The average molecular weight is 561 g/mol. The number of fused-ring (bicyclic) bond motifs is 1. The van der Waals surface area contributed by atoms with Gasteiger partial charge in [0.1, 0.15) is 17.7 Å². The van der Waals surface area contributed by atoms with Gasteiger partial charge in [-0.2, -0.15) is 10.4 Å². The van der Waals surface area contributed by atoms with Crippen LogP contribution in [0.15, 0.2) is 57.9 Å². The molecular formula is C27H22BrFN6O2. The van der Waals surface area contributed by atoms with Crippen molar-refractivity contribution in [3.05, 3.63) is 97.3 Å². The number of halogens is 2. The summed E-state index contributed by atoms with van der Waals surface area (Å²) in [6.45, 7) is 3.84. The second-order valence-electron chi connectivity index (χ2n) is 8.93. The van der Waals surface area contributed by atoms with Gasteiger partial charge >= 0.3 is 0 Å². The first kappa shape index (κ1) is 24.6. The molecule has 0 saturated carbocycles. The summed E-state index contributed by atoms with van der Waals surface area (Å²) in [6, 6.07) is 13.7. The quantitative estimate of drug-likeness (QED) is 0.405. The molecule has 3 heterocycles. The van der Waals surface area contributed by atoms with Crippen molar-refractivity contribution < 1.29 is 9.18 Å². The molecule has 8 nitrogen and oxygen atoms in total. The Hall–Kier alpha value is -4.10. The van der Waals surface area contributed by atoms with Crippen LogP contribution in [0.25, 0.3) is 10.8 Å². The Morgan fingerprint density at radius 2 is 1.92 bits per heavy atom. The molecule has 0 atom stereocenters. The van der Waals surface area contributed by atoms with Crippen molar-refractivity contribution in [1.82, 2.24) is 20.1 Å². The Labute approximate surface area is 220 Å². The summed E-state index contributed by atoms with van der Waals surface area (Å²) in [5, 5.41) is 16.9. The molecule has 186 valence electrons. The zero-order valence-corrected chi connectivity index (χ0v) is 21.5. The topological polar surface area (TPSA) is 106 Å². The van der Waals surface area contributed by atoms with Crippen molar-refractivity contribution in [3.8, 4) is 6.07 Å². The number of nitriles is 1. The summed E-state index contributed by atoms with van der Waals surface area (Å²) in [4.78, 5) is 33.5. The molecule has 1 aliphatic heterocycles. The fraction of sp³-hybridized carbons (Fsp3) is 0.222. The first-order chi connectivity index (χ1) is 17.8. The van der Waals surface area contributed by atoms with E-state index in [1.54, 1.807) is 35.2 Å². The molecule has 37 heavy (non-hydrogen) atoms. The third-order valence-electron chi connectivity index (χ3n) is 6.55. The fourth-order valence-corrected chi connectivity index (χ4v) is 4.81. The number of aryl methyl sites for hydroxylation is 1. The number of piperazine rings is 1. The molecule has 0 unspecified atom stereocenters. The maximum absolute atomic E-state index is 14.8. The van der Waals surface area contributed by atoms with E-state index in [-0.39, 0.29) is 17.0 Å². The summed E-state index contributed by atoms with van der Waals surface area (Å²) >= 11 is 3.51. The van der Waals surface area contributed by atoms with Gasteiger partial charge in [-0.05, 0) is 54.4 Å². The first-order valence-corrected chi connectivity index (χ1v) is 12.5. The minimum Gasteiger partial charge on any atom is -0.353 e. The molecular weight excluding hydrogens is 539 g/mol. The van der Waals surface area contributed by atoms with E-state index in [4.69, 9.17) is 5.26 Å². The molecule has 1 saturated heterocycles. The van der Waals surface area contributed by atoms with Gasteiger partial charge in [0.05, 0.1) is 22.2 Å². The lowest BCUT2D eigenvalue weighted by molar-refractivity contribution is 0.0741. The molecule has 5 rings (SSSR count). The van der Waals surface area contributed by atoms with Gasteiger partial charge in [0.25, 0.3) is 11.5 Å². The Morgan fingerprint density at radius 3 is 2.62 bits per heavy atom. The second kappa shape index (κ2) is 10.1. The van der Waals surface area contributed by atoms with Gasteiger partial charge in [0.2, 0.25) is 0 Å². The number of H-pyrrole nitrogens is 1. The van der Waals surface area contributed by atoms with E-state index in [2.05, 4.69) is 31.1 Å². The van der Waals surface area contributed by atoms with Crippen LogP contribution in [-0.2, 0) is 6.42 Å². The molecule has 1 aliphatic rings. The average Bonchev–Trinajstić information content (AvgIpc) is 2.92. The van der Waals surface area contributed by atoms with Crippen molar-refractivity contribution in [2.45, 2.75) is 13.3 Å². The van der Waals surface area contributed by atoms with E-state index >= 15 is 0 Å². The number of nitrogens with zero attached hydrogens (tertiary/aromatic N) is 5. The Bertz CT molecular complexity index is 1600. The van der Waals surface area contributed by atoms with Gasteiger partial charge in [0, 0.05) is 48.7 Å². The number of amides is 1. The van der Waals surface area contributed by atoms with Gasteiger partial charge in [-0.1, -0.05) is 22.0 Å². The second-order valence-corrected chi connectivity index (χ2v) is 9.79. The standard InChI is InChI=1S/C27H22BrFN6O2/c1-16-10-20-19(13-22(16)28)24(32-33-26(20)36)12-17-2-4-23(29)21(11-17)27(37)35-8-6-34(7-9-35)25-5-3-18(14-30)15-31-25/h2-5,10-11,13,15H,6-9,12H2,1H3,(H,33,36). The van der Waals surface area contributed by atoms with Gasteiger partial charge in [0.15, 0.2) is 0 Å². The van der Waals surface area contributed by atoms with Crippen LogP contribution in [0.4, 0.5) is 10.2 Å². The molecule has 1 N–H and O–H groups in total. The minimum absolute atomic E-state index is 0.00760. The number of aromatic amines is 1. The van der Waals surface area contributed by atoms with Crippen LogP contribution >= 0.6 is 15.9 Å². The Balaban J connectivity index is 1.34. The van der Waals surface area contributed by atoms with Gasteiger partial charge in [-0.15, -0.1) is 0 Å². The van der Waals surface area contributed by atoms with E-state index in [0.29, 0.717) is 60.2 Å². The number of carbonyl (C=O) groups excluding carboxylic acids is 1. The van der Waals surface area contributed by atoms with Crippen molar-refractivity contribution in [2.24, 2.45) is 0 Å². The number of hydrogen-bond acceptors (Lipinski definition) is 6. The van der Waals surface area contributed by atoms with Gasteiger partial charge in [-0.3, -0.25) is 9.59 Å². The summed E-state index contributed by atoms with van der Waals surface area (Å²) in [5.74, 6) is -0.214. The summed E-state index contributed by atoms with van der Waals surface area (Å²) in [5.41, 5.74) is 2.49. The highest BCUT2D eigenvalue weighted by atomic mass is 79.9. The number of anilines is 1. The Kier molecular flexibility index (Phi) is 6.72. The number of nitrogens with one attached hydrogen (secondary N) is 1. The van der Waals surface area contributed by atoms with E-state index in [1.165, 1.54) is 12.3 Å². The smallest absolute Gasteiger partial charge is 0.272 e. The van der Waals surface area contributed by atoms with Crippen LogP contribution in [0.3, 0.4) is 0 Å². The zero-order chi connectivity index (χ0) is 26.1. The molecule has 0 bridgehead atoms. The lowest BCUT2D eigenvalue weighted by Gasteiger charge is -2.35. The van der Waals surface area contributed by atoms with Crippen LogP contribution in [-0.4, -0.2) is 52.2 Å². The molecule has 1 fully saturated rings. The van der Waals surface area contributed by atoms with E-state index in [9.17, 15) is 14.0 Å². The lowest BCUT2D eigenvalue weighted by Crippen LogP contribution is -2.49. The van der Waals surface area contributed by atoms with Crippen LogP contribution < -0.4 is 10.5 Å². The fourth-order valence-electron chi connectivity index (χ4n) is 4.47. The molecule has 4 aromatic rings. The van der Waals surface area contributed by atoms with Gasteiger partial charge in [-0.25, -0.2) is 14.5 Å². The highest BCUT2D eigenvalue weighted by Gasteiger charge is 2.25.